The first-order valence-electron chi connectivity index (χ1n) is 9.59. The monoisotopic (exact) mass is 402 g/mol. The Labute approximate surface area is 170 Å². The molecule has 1 heterocycles. The number of hydrogen-bond donors (Lipinski definition) is 2. The van der Waals surface area contributed by atoms with Crippen LogP contribution in [-0.2, 0) is 4.79 Å². The Balaban J connectivity index is 2.04. The van der Waals surface area contributed by atoms with Gasteiger partial charge in [0.2, 0.25) is 5.91 Å². The van der Waals surface area contributed by atoms with Crippen LogP contribution in [0.1, 0.15) is 32.3 Å². The Bertz CT molecular complexity index is 817. The smallest absolute Gasteiger partial charge is 0.318 e. The molecule has 2 rings (SSSR count). The zero-order chi connectivity index (χ0) is 21.4. The van der Waals surface area contributed by atoms with Gasteiger partial charge in [-0.15, -0.1) is 0 Å². The third-order valence-electron chi connectivity index (χ3n) is 4.69. The summed E-state index contributed by atoms with van der Waals surface area (Å²) in [6.07, 6.45) is 2.77. The maximum absolute atomic E-state index is 14.5. The summed E-state index contributed by atoms with van der Waals surface area (Å²) in [6, 6.07) is 5.77. The number of carbonyl (C=O) groups excluding carboxylic acids is 2. The third-order valence-corrected chi connectivity index (χ3v) is 4.69. The van der Waals surface area contributed by atoms with Crippen molar-refractivity contribution in [3.8, 4) is 11.8 Å². The molecule has 1 aliphatic rings. The number of nitrogens with one attached hydrogen (secondary N) is 2. The second-order valence-electron chi connectivity index (χ2n) is 7.25. The minimum Gasteiger partial charge on any atom is -0.494 e. The van der Waals surface area contributed by atoms with Crippen LogP contribution in [-0.4, -0.2) is 49.6 Å². The van der Waals surface area contributed by atoms with E-state index in [9.17, 15) is 14.0 Å². The second-order valence-corrected chi connectivity index (χ2v) is 7.25. The lowest BCUT2D eigenvalue weighted by molar-refractivity contribution is -0.123. The summed E-state index contributed by atoms with van der Waals surface area (Å²) in [5, 5.41) is 13.9. The lowest BCUT2D eigenvalue weighted by atomic mass is 9.98. The van der Waals surface area contributed by atoms with Crippen LogP contribution in [0.25, 0.3) is 5.57 Å². The molecule has 156 valence electrons. The Kier molecular flexibility index (Phi) is 8.01. The predicted octanol–water partition coefficient (Wildman–Crippen LogP) is 2.69. The molecule has 1 aromatic rings. The molecule has 2 N–H and O–H groups in total. The number of ether oxygens (including phenoxy) is 1. The van der Waals surface area contributed by atoms with Gasteiger partial charge < -0.3 is 20.3 Å². The number of methoxy groups -OCH3 is 1. The fraction of sp³-hybridized carbons (Fsp3) is 0.476. The van der Waals surface area contributed by atoms with Crippen LogP contribution >= 0.6 is 0 Å². The van der Waals surface area contributed by atoms with Gasteiger partial charge in [0.15, 0.2) is 11.6 Å². The predicted molar refractivity (Wildman–Crippen MR) is 108 cm³/mol. The van der Waals surface area contributed by atoms with Crippen molar-refractivity contribution in [2.45, 2.75) is 32.7 Å². The minimum absolute atomic E-state index is 0.106. The van der Waals surface area contributed by atoms with Crippen LogP contribution in [0.3, 0.4) is 0 Å². The Morgan fingerprint density at radius 2 is 2.14 bits per heavy atom. The van der Waals surface area contributed by atoms with E-state index in [0.717, 1.165) is 5.57 Å². The molecule has 1 aromatic carbocycles. The fourth-order valence-electron chi connectivity index (χ4n) is 3.21. The molecule has 0 saturated heterocycles. The summed E-state index contributed by atoms with van der Waals surface area (Å²) in [4.78, 5) is 26.4. The van der Waals surface area contributed by atoms with Crippen molar-refractivity contribution in [2.24, 2.45) is 5.92 Å². The number of urea groups is 1. The lowest BCUT2D eigenvalue weighted by Gasteiger charge is -2.29. The van der Waals surface area contributed by atoms with Crippen molar-refractivity contribution < 1.29 is 18.7 Å². The topological polar surface area (TPSA) is 94.5 Å². The van der Waals surface area contributed by atoms with Gasteiger partial charge in [0, 0.05) is 18.7 Å². The van der Waals surface area contributed by atoms with Gasteiger partial charge in [-0.1, -0.05) is 32.1 Å². The molecule has 0 bridgehead atoms. The zero-order valence-electron chi connectivity index (χ0n) is 17.0. The summed E-state index contributed by atoms with van der Waals surface area (Å²) in [5.41, 5.74) is 1.29. The van der Waals surface area contributed by atoms with E-state index in [1.807, 2.05) is 26.0 Å². The van der Waals surface area contributed by atoms with Crippen LogP contribution in [0.2, 0.25) is 0 Å². The van der Waals surface area contributed by atoms with Gasteiger partial charge in [-0.2, -0.15) is 5.26 Å². The average molecular weight is 402 g/mol. The maximum atomic E-state index is 14.5. The van der Waals surface area contributed by atoms with Crippen molar-refractivity contribution in [3.63, 3.8) is 0 Å². The van der Waals surface area contributed by atoms with E-state index in [1.54, 1.807) is 23.1 Å². The van der Waals surface area contributed by atoms with Crippen molar-refractivity contribution in [1.29, 1.82) is 5.26 Å². The first kappa shape index (κ1) is 22.2. The van der Waals surface area contributed by atoms with Gasteiger partial charge in [0.05, 0.1) is 13.2 Å². The summed E-state index contributed by atoms with van der Waals surface area (Å²) in [7, 11) is 1.42. The van der Waals surface area contributed by atoms with Crippen molar-refractivity contribution in [3.05, 3.63) is 35.7 Å². The summed E-state index contributed by atoms with van der Waals surface area (Å²) >= 11 is 0. The molecule has 1 unspecified atom stereocenters. The standard InChI is InChI=1S/C21H27FN4O3/c1-14(2)13-17(20(27)24-10-9-23)25-21(28)26-11-7-15(8-12-26)16-5-4-6-18(29-3)19(16)22/h4-7,14,17H,8,10-13H2,1-3H3,(H,24,27)(H,25,28). The van der Waals surface area contributed by atoms with Gasteiger partial charge in [-0.05, 0) is 30.4 Å². The first-order valence-corrected chi connectivity index (χ1v) is 9.59. The van der Waals surface area contributed by atoms with E-state index in [0.29, 0.717) is 31.5 Å². The van der Waals surface area contributed by atoms with Gasteiger partial charge >= 0.3 is 6.03 Å². The highest BCUT2D eigenvalue weighted by Gasteiger charge is 2.26. The summed E-state index contributed by atoms with van der Waals surface area (Å²) in [6.45, 7) is 4.52. The molecular weight excluding hydrogens is 375 g/mol. The molecule has 3 amide bonds. The van der Waals surface area contributed by atoms with Crippen molar-refractivity contribution in [2.75, 3.05) is 26.7 Å². The van der Waals surface area contributed by atoms with E-state index >= 15 is 0 Å². The van der Waals surface area contributed by atoms with Gasteiger partial charge in [-0.3, -0.25) is 4.79 Å². The van der Waals surface area contributed by atoms with Crippen LogP contribution in [0.5, 0.6) is 5.75 Å². The van der Waals surface area contributed by atoms with E-state index in [4.69, 9.17) is 10.00 Å². The Hall–Kier alpha value is -3.08. The largest absolute Gasteiger partial charge is 0.494 e. The molecule has 0 aromatic heterocycles. The Morgan fingerprint density at radius 3 is 2.72 bits per heavy atom. The number of benzene rings is 1. The first-order chi connectivity index (χ1) is 13.9. The number of hydrogen-bond acceptors (Lipinski definition) is 4. The van der Waals surface area contributed by atoms with Crippen molar-refractivity contribution in [1.82, 2.24) is 15.5 Å². The number of carbonyl (C=O) groups is 2. The number of amides is 3. The number of rotatable bonds is 7. The van der Waals surface area contributed by atoms with Crippen LogP contribution in [0.4, 0.5) is 9.18 Å². The van der Waals surface area contributed by atoms with Crippen LogP contribution < -0.4 is 15.4 Å². The number of halogens is 1. The molecule has 0 aliphatic carbocycles. The van der Waals surface area contributed by atoms with E-state index < -0.39 is 11.9 Å². The normalized spacial score (nSPS) is 14.6. The molecule has 7 nitrogen and oxygen atoms in total. The second kappa shape index (κ2) is 10.5. The molecule has 0 radical (unpaired) electrons. The molecule has 0 spiro atoms. The SMILES string of the molecule is COc1cccc(C2=CCN(C(=O)NC(CC(C)C)C(=O)NCC#N)CC2)c1F. The minimum atomic E-state index is -0.711. The van der Waals surface area contributed by atoms with E-state index in [2.05, 4.69) is 10.6 Å². The van der Waals surface area contributed by atoms with Crippen LogP contribution in [0.15, 0.2) is 24.3 Å². The Morgan fingerprint density at radius 1 is 1.38 bits per heavy atom. The highest BCUT2D eigenvalue weighted by atomic mass is 19.1. The number of nitriles is 1. The van der Waals surface area contributed by atoms with Gasteiger partial charge in [0.25, 0.3) is 0 Å². The van der Waals surface area contributed by atoms with E-state index in [-0.39, 0.29) is 30.2 Å². The molecule has 1 atom stereocenters. The maximum Gasteiger partial charge on any atom is 0.318 e. The average Bonchev–Trinajstić information content (AvgIpc) is 2.71. The molecule has 29 heavy (non-hydrogen) atoms. The zero-order valence-corrected chi connectivity index (χ0v) is 17.0. The van der Waals surface area contributed by atoms with Gasteiger partial charge in [0.1, 0.15) is 12.6 Å². The molecule has 0 saturated carbocycles. The molecular formula is C21H27FN4O3. The highest BCUT2D eigenvalue weighted by molar-refractivity contribution is 5.87. The fourth-order valence-corrected chi connectivity index (χ4v) is 3.21. The summed E-state index contributed by atoms with van der Waals surface area (Å²) < 4.78 is 19.5. The van der Waals surface area contributed by atoms with Crippen LogP contribution in [0, 0.1) is 23.1 Å². The molecule has 1 aliphatic heterocycles. The lowest BCUT2D eigenvalue weighted by Crippen LogP contribution is -2.52. The molecule has 8 heteroatoms. The third kappa shape index (κ3) is 5.95. The van der Waals surface area contributed by atoms with Crippen molar-refractivity contribution >= 4 is 17.5 Å². The summed E-state index contributed by atoms with van der Waals surface area (Å²) in [5.74, 6) is -0.411. The highest BCUT2D eigenvalue weighted by Crippen LogP contribution is 2.29. The van der Waals surface area contributed by atoms with Gasteiger partial charge in [-0.25, -0.2) is 9.18 Å². The quantitative estimate of drug-likeness (QED) is 0.686. The molecule has 0 fully saturated rings. The number of nitrogens with zero attached hydrogens (tertiary/aromatic N) is 2. The van der Waals surface area contributed by atoms with E-state index in [1.165, 1.54) is 7.11 Å².